The summed E-state index contributed by atoms with van der Waals surface area (Å²) in [4.78, 5) is 33.0. The smallest absolute Gasteiger partial charge is 0.303 e. The molecular weight excluding hydrogens is 542 g/mol. The minimum atomic E-state index is -0.766. The molecule has 0 heterocycles. The molecule has 0 bridgehead atoms. The Morgan fingerprint density at radius 2 is 0.698 bits per heavy atom. The summed E-state index contributed by atoms with van der Waals surface area (Å²) in [7, 11) is 0. The van der Waals surface area contributed by atoms with Crippen LogP contribution in [0.1, 0.15) is 174 Å². The van der Waals surface area contributed by atoms with Crippen molar-refractivity contribution < 1.29 is 34.2 Å². The first-order chi connectivity index (χ1) is 20.8. The number of allylic oxidation sites excluding steroid dienone is 2. The van der Waals surface area contributed by atoms with Crippen molar-refractivity contribution in [2.75, 3.05) is 26.2 Å². The van der Waals surface area contributed by atoms with Crippen molar-refractivity contribution in [3.8, 4) is 0 Å². The average Bonchev–Trinajstić information content (AvgIpc) is 2.96. The predicted octanol–water partition coefficient (Wildman–Crippen LogP) is 9.78. The van der Waals surface area contributed by atoms with E-state index < -0.39 is 17.9 Å². The molecule has 0 aromatic rings. The van der Waals surface area contributed by atoms with Gasteiger partial charge in [-0.2, -0.15) is 0 Å². The highest BCUT2D eigenvalue weighted by molar-refractivity contribution is 5.67. The van der Waals surface area contributed by atoms with E-state index in [4.69, 9.17) is 15.3 Å². The van der Waals surface area contributed by atoms with Crippen LogP contribution in [0.25, 0.3) is 0 Å². The lowest BCUT2D eigenvalue weighted by Gasteiger charge is -2.39. The van der Waals surface area contributed by atoms with Gasteiger partial charge in [0.2, 0.25) is 0 Å². The van der Waals surface area contributed by atoms with Crippen molar-refractivity contribution in [1.82, 2.24) is 0 Å². The number of carboxylic acid groups (broad SMARTS) is 3. The molecule has 0 aromatic carbocycles. The van der Waals surface area contributed by atoms with E-state index in [-0.39, 0.29) is 19.3 Å². The molecule has 0 aliphatic carbocycles. The molecule has 7 heteroatoms. The van der Waals surface area contributed by atoms with Crippen LogP contribution in [0.4, 0.5) is 0 Å². The van der Waals surface area contributed by atoms with Crippen molar-refractivity contribution in [2.45, 2.75) is 174 Å². The fourth-order valence-corrected chi connectivity index (χ4v) is 6.07. The Morgan fingerprint density at radius 3 is 1.02 bits per heavy atom. The van der Waals surface area contributed by atoms with Crippen LogP contribution in [-0.2, 0) is 14.4 Å². The summed E-state index contributed by atoms with van der Waals surface area (Å²) in [6.07, 6.45) is 31.8. The summed E-state index contributed by atoms with van der Waals surface area (Å²) >= 11 is 0. The summed E-state index contributed by atoms with van der Waals surface area (Å²) in [5.41, 5.74) is 0. The third kappa shape index (κ3) is 29.9. The van der Waals surface area contributed by atoms with E-state index in [0.29, 0.717) is 19.3 Å². The third-order valence-electron chi connectivity index (χ3n) is 8.71. The fraction of sp³-hybridized carbons (Fsp3) is 0.861. The van der Waals surface area contributed by atoms with Crippen molar-refractivity contribution in [3.05, 3.63) is 12.2 Å². The van der Waals surface area contributed by atoms with E-state index in [0.717, 1.165) is 56.3 Å². The van der Waals surface area contributed by atoms with Crippen LogP contribution in [0.2, 0.25) is 0 Å². The van der Waals surface area contributed by atoms with Crippen LogP contribution >= 0.6 is 0 Å². The standard InChI is InChI=1S/C36H67NO6/c1-2-3-4-5-6-7-8-9-10-11-12-13-14-15-16-17-18-19-23-30-37(31-24-20-27-34(38)39,32-25-21-28-35(40)41)33-26-22-29-36(42)43/h7-8H,2-6,9-33H2,1H3,(H2-,38,39,40,41,42,43)/p+1/b8-7+. The molecule has 43 heavy (non-hydrogen) atoms. The molecule has 0 aliphatic heterocycles. The Labute approximate surface area is 264 Å². The average molecular weight is 611 g/mol. The lowest BCUT2D eigenvalue weighted by molar-refractivity contribution is -0.929. The SMILES string of the molecule is CCCCCC/C=C/CCCCCCCCCCCCC[N+](CCCCC(=O)O)(CCCCC(=O)O)CCCCC(=O)O. The molecule has 0 spiro atoms. The van der Waals surface area contributed by atoms with E-state index in [1.54, 1.807) is 0 Å². The molecule has 0 aliphatic rings. The van der Waals surface area contributed by atoms with Crippen LogP contribution < -0.4 is 0 Å². The number of hydrogen-bond acceptors (Lipinski definition) is 3. The molecular formula is C36H68NO6+. The van der Waals surface area contributed by atoms with Gasteiger partial charge in [0.1, 0.15) is 0 Å². The number of unbranched alkanes of at least 4 members (excludes halogenated alkanes) is 18. The second-order valence-electron chi connectivity index (χ2n) is 12.8. The van der Waals surface area contributed by atoms with Crippen LogP contribution in [0, 0.1) is 0 Å². The van der Waals surface area contributed by atoms with Crippen molar-refractivity contribution in [2.24, 2.45) is 0 Å². The van der Waals surface area contributed by atoms with Crippen LogP contribution in [-0.4, -0.2) is 63.9 Å². The maximum atomic E-state index is 11.0. The first-order valence-electron chi connectivity index (χ1n) is 18.0. The number of hydrogen-bond donors (Lipinski definition) is 3. The van der Waals surface area contributed by atoms with E-state index in [1.807, 2.05) is 0 Å². The lowest BCUT2D eigenvalue weighted by atomic mass is 10.0. The Balaban J connectivity index is 4.29. The van der Waals surface area contributed by atoms with Gasteiger partial charge in [-0.15, -0.1) is 0 Å². The van der Waals surface area contributed by atoms with Gasteiger partial charge in [0, 0.05) is 19.3 Å². The zero-order chi connectivity index (χ0) is 31.9. The van der Waals surface area contributed by atoms with E-state index >= 15 is 0 Å². The molecule has 0 fully saturated rings. The third-order valence-corrected chi connectivity index (χ3v) is 8.71. The second-order valence-corrected chi connectivity index (χ2v) is 12.8. The quantitative estimate of drug-likeness (QED) is 0.0380. The maximum absolute atomic E-state index is 11.0. The topological polar surface area (TPSA) is 112 Å². The normalized spacial score (nSPS) is 11.8. The molecule has 7 nitrogen and oxygen atoms in total. The number of carbonyl (C=O) groups is 3. The first kappa shape index (κ1) is 41.1. The molecule has 0 rings (SSSR count). The maximum Gasteiger partial charge on any atom is 0.303 e. The Kier molecular flexibility index (Phi) is 28.8. The highest BCUT2D eigenvalue weighted by atomic mass is 16.4. The van der Waals surface area contributed by atoms with Gasteiger partial charge >= 0.3 is 17.9 Å². The number of carboxylic acids is 3. The summed E-state index contributed by atoms with van der Waals surface area (Å²) in [5.74, 6) is -2.30. The van der Waals surface area contributed by atoms with E-state index in [1.165, 1.54) is 103 Å². The van der Waals surface area contributed by atoms with Crippen molar-refractivity contribution in [1.29, 1.82) is 0 Å². The van der Waals surface area contributed by atoms with Crippen LogP contribution in [0.3, 0.4) is 0 Å². The highest BCUT2D eigenvalue weighted by Gasteiger charge is 2.26. The monoisotopic (exact) mass is 611 g/mol. The van der Waals surface area contributed by atoms with E-state index in [2.05, 4.69) is 19.1 Å². The molecule has 3 N–H and O–H groups in total. The number of nitrogens with zero attached hydrogens (tertiary/aromatic N) is 1. The summed E-state index contributed by atoms with van der Waals surface area (Å²) in [5, 5.41) is 27.2. The van der Waals surface area contributed by atoms with Gasteiger partial charge < -0.3 is 19.8 Å². The Bertz CT molecular complexity index is 653. The van der Waals surface area contributed by atoms with Gasteiger partial charge in [0.15, 0.2) is 0 Å². The number of aliphatic carboxylic acids is 3. The number of quaternary nitrogens is 1. The number of rotatable bonds is 34. The molecule has 0 saturated carbocycles. The summed E-state index contributed by atoms with van der Waals surface area (Å²) in [6.45, 7) is 5.95. The fourth-order valence-electron chi connectivity index (χ4n) is 6.07. The largest absolute Gasteiger partial charge is 0.481 e. The van der Waals surface area contributed by atoms with Crippen molar-refractivity contribution in [3.63, 3.8) is 0 Å². The van der Waals surface area contributed by atoms with Gasteiger partial charge in [-0.05, 0) is 77.0 Å². The van der Waals surface area contributed by atoms with Crippen LogP contribution in [0.5, 0.6) is 0 Å². The van der Waals surface area contributed by atoms with Gasteiger partial charge in [0.25, 0.3) is 0 Å². The van der Waals surface area contributed by atoms with Gasteiger partial charge in [0.05, 0.1) is 26.2 Å². The molecule has 0 unspecified atom stereocenters. The molecule has 0 aromatic heterocycles. The predicted molar refractivity (Wildman–Crippen MR) is 177 cm³/mol. The first-order valence-corrected chi connectivity index (χ1v) is 18.0. The summed E-state index contributed by atoms with van der Waals surface area (Å²) in [6, 6.07) is 0. The molecule has 252 valence electrons. The Morgan fingerprint density at radius 1 is 0.419 bits per heavy atom. The van der Waals surface area contributed by atoms with Gasteiger partial charge in [-0.1, -0.05) is 89.7 Å². The Hall–Kier alpha value is -1.89. The summed E-state index contributed by atoms with van der Waals surface area (Å²) < 4.78 is 0.869. The van der Waals surface area contributed by atoms with E-state index in [9.17, 15) is 14.4 Å². The second kappa shape index (κ2) is 30.1. The van der Waals surface area contributed by atoms with Crippen LogP contribution in [0.15, 0.2) is 12.2 Å². The molecule has 0 atom stereocenters. The molecule has 0 radical (unpaired) electrons. The zero-order valence-electron chi connectivity index (χ0n) is 27.9. The van der Waals surface area contributed by atoms with Gasteiger partial charge in [-0.25, -0.2) is 0 Å². The minimum absolute atomic E-state index is 0.175. The minimum Gasteiger partial charge on any atom is -0.481 e. The van der Waals surface area contributed by atoms with Crippen molar-refractivity contribution >= 4 is 17.9 Å². The zero-order valence-corrected chi connectivity index (χ0v) is 27.9. The van der Waals surface area contributed by atoms with Gasteiger partial charge in [-0.3, -0.25) is 14.4 Å². The molecule has 0 saturated heterocycles. The highest BCUT2D eigenvalue weighted by Crippen LogP contribution is 2.20. The lowest BCUT2D eigenvalue weighted by Crippen LogP contribution is -2.51. The molecule has 0 amide bonds.